The van der Waals surface area contributed by atoms with E-state index in [1.165, 1.54) is 6.42 Å². The first kappa shape index (κ1) is 14.1. The fourth-order valence-electron chi connectivity index (χ4n) is 2.35. The van der Waals surface area contributed by atoms with Crippen LogP contribution in [0, 0.1) is 0 Å². The van der Waals surface area contributed by atoms with E-state index in [2.05, 4.69) is 24.1 Å². The summed E-state index contributed by atoms with van der Waals surface area (Å²) in [5.74, 6) is 0. The maximum absolute atomic E-state index is 6.26. The van der Waals surface area contributed by atoms with Gasteiger partial charge in [-0.25, -0.2) is 0 Å². The second kappa shape index (κ2) is 5.79. The molecule has 0 aliphatic carbocycles. The predicted octanol–water partition coefficient (Wildman–Crippen LogP) is 3.57. The number of benzene rings is 1. The largest absolute Gasteiger partial charge is 0.315 e. The molecule has 0 bridgehead atoms. The molecule has 0 saturated carbocycles. The highest BCUT2D eigenvalue weighted by Gasteiger charge is 2.28. The monoisotopic (exact) mass is 286 g/mol. The van der Waals surface area contributed by atoms with Crippen molar-refractivity contribution < 1.29 is 0 Å². The lowest BCUT2D eigenvalue weighted by atomic mass is 10.0. The summed E-state index contributed by atoms with van der Waals surface area (Å²) >= 11 is 12.2. The van der Waals surface area contributed by atoms with Crippen LogP contribution in [0.4, 0.5) is 0 Å². The van der Waals surface area contributed by atoms with Gasteiger partial charge in [0.15, 0.2) is 0 Å². The van der Waals surface area contributed by atoms with E-state index in [1.54, 1.807) is 0 Å². The summed E-state index contributed by atoms with van der Waals surface area (Å²) in [6.07, 6.45) is 1.18. The van der Waals surface area contributed by atoms with Crippen LogP contribution in [-0.2, 0) is 6.54 Å². The number of hydrogen-bond acceptors (Lipinski definition) is 2. The van der Waals surface area contributed by atoms with E-state index in [1.807, 2.05) is 18.2 Å². The minimum absolute atomic E-state index is 0.152. The highest BCUT2D eigenvalue weighted by Crippen LogP contribution is 2.25. The van der Waals surface area contributed by atoms with Crippen molar-refractivity contribution in [1.29, 1.82) is 0 Å². The molecule has 2 rings (SSSR count). The quantitative estimate of drug-likeness (QED) is 0.894. The molecule has 1 aliphatic rings. The van der Waals surface area contributed by atoms with Crippen molar-refractivity contribution in [2.45, 2.75) is 32.4 Å². The molecule has 2 nitrogen and oxygen atoms in total. The van der Waals surface area contributed by atoms with E-state index in [-0.39, 0.29) is 5.54 Å². The minimum atomic E-state index is 0.152. The van der Waals surface area contributed by atoms with E-state index in [9.17, 15) is 0 Å². The van der Waals surface area contributed by atoms with Crippen molar-refractivity contribution in [2.24, 2.45) is 0 Å². The summed E-state index contributed by atoms with van der Waals surface area (Å²) in [4.78, 5) is 2.49. The van der Waals surface area contributed by atoms with Crippen LogP contribution in [-0.4, -0.2) is 30.1 Å². The average Bonchev–Trinajstić information content (AvgIpc) is 2.44. The van der Waals surface area contributed by atoms with Crippen molar-refractivity contribution in [3.05, 3.63) is 33.8 Å². The van der Waals surface area contributed by atoms with Gasteiger partial charge in [0.2, 0.25) is 0 Å². The fourth-order valence-corrected chi connectivity index (χ4v) is 2.82. The van der Waals surface area contributed by atoms with Gasteiger partial charge in [0.25, 0.3) is 0 Å². The Morgan fingerprint density at radius 1 is 1.33 bits per heavy atom. The number of hydrogen-bond donors (Lipinski definition) is 1. The van der Waals surface area contributed by atoms with Crippen molar-refractivity contribution in [2.75, 3.05) is 19.6 Å². The van der Waals surface area contributed by atoms with Gasteiger partial charge in [0, 0.05) is 35.2 Å². The lowest BCUT2D eigenvalue weighted by Crippen LogP contribution is -2.48. The predicted molar refractivity (Wildman–Crippen MR) is 78.4 cm³/mol. The molecule has 0 radical (unpaired) electrons. The average molecular weight is 287 g/mol. The molecule has 1 fully saturated rings. The van der Waals surface area contributed by atoms with Crippen LogP contribution in [0.5, 0.6) is 0 Å². The molecule has 0 atom stereocenters. The smallest absolute Gasteiger partial charge is 0.0465 e. The van der Waals surface area contributed by atoms with Gasteiger partial charge in [0.1, 0.15) is 0 Å². The summed E-state index contributed by atoms with van der Waals surface area (Å²) in [5.41, 5.74) is 1.30. The molecule has 0 unspecified atom stereocenters. The van der Waals surface area contributed by atoms with Crippen LogP contribution in [0.3, 0.4) is 0 Å². The lowest BCUT2D eigenvalue weighted by Gasteiger charge is -2.37. The molecule has 1 heterocycles. The molecule has 1 aliphatic heterocycles. The summed E-state index contributed by atoms with van der Waals surface area (Å²) in [6, 6.07) is 5.76. The molecule has 1 aromatic rings. The zero-order valence-corrected chi connectivity index (χ0v) is 12.5. The Bertz CT molecular complexity index is 418. The van der Waals surface area contributed by atoms with Crippen LogP contribution >= 0.6 is 23.2 Å². The second-order valence-corrected chi connectivity index (χ2v) is 6.34. The standard InChI is InChI=1S/C14H20Cl2N2/c1-14(2)10-17-6-3-7-18(14)9-11-4-5-12(15)8-13(11)16/h4-5,8,17H,3,6-7,9-10H2,1-2H3. The normalized spacial score (nSPS) is 20.7. The number of rotatable bonds is 2. The zero-order chi connectivity index (χ0) is 13.2. The fraction of sp³-hybridized carbons (Fsp3) is 0.571. The Balaban J connectivity index is 2.15. The third-order valence-corrected chi connectivity index (χ3v) is 4.16. The van der Waals surface area contributed by atoms with Crippen molar-refractivity contribution in [3.8, 4) is 0 Å². The first-order valence-corrected chi connectivity index (χ1v) is 7.14. The van der Waals surface area contributed by atoms with E-state index in [0.717, 1.165) is 36.8 Å². The van der Waals surface area contributed by atoms with E-state index in [0.29, 0.717) is 5.02 Å². The van der Waals surface area contributed by atoms with Crippen LogP contribution < -0.4 is 5.32 Å². The van der Waals surface area contributed by atoms with E-state index >= 15 is 0 Å². The van der Waals surface area contributed by atoms with Crippen molar-refractivity contribution >= 4 is 23.2 Å². The molecule has 0 amide bonds. The second-order valence-electron chi connectivity index (χ2n) is 5.50. The molecular formula is C14H20Cl2N2. The third-order valence-electron chi connectivity index (χ3n) is 3.57. The molecule has 1 saturated heterocycles. The van der Waals surface area contributed by atoms with E-state index in [4.69, 9.17) is 23.2 Å². The third kappa shape index (κ3) is 3.39. The van der Waals surface area contributed by atoms with Crippen molar-refractivity contribution in [3.63, 3.8) is 0 Å². The summed E-state index contributed by atoms with van der Waals surface area (Å²) < 4.78 is 0. The van der Waals surface area contributed by atoms with Crippen LogP contribution in [0.15, 0.2) is 18.2 Å². The van der Waals surface area contributed by atoms with Gasteiger partial charge < -0.3 is 5.32 Å². The zero-order valence-electron chi connectivity index (χ0n) is 11.0. The molecule has 4 heteroatoms. The Hall–Kier alpha value is -0.280. The Morgan fingerprint density at radius 2 is 2.11 bits per heavy atom. The molecule has 100 valence electrons. The van der Waals surface area contributed by atoms with Gasteiger partial charge in [-0.3, -0.25) is 4.90 Å². The molecule has 18 heavy (non-hydrogen) atoms. The summed E-state index contributed by atoms with van der Waals surface area (Å²) in [7, 11) is 0. The Labute approximate surface area is 119 Å². The molecule has 1 N–H and O–H groups in total. The topological polar surface area (TPSA) is 15.3 Å². The first-order valence-electron chi connectivity index (χ1n) is 6.39. The van der Waals surface area contributed by atoms with Gasteiger partial charge in [-0.1, -0.05) is 29.3 Å². The molecule has 1 aromatic carbocycles. The SMILES string of the molecule is CC1(C)CNCCCN1Cc1ccc(Cl)cc1Cl. The molecule has 0 spiro atoms. The van der Waals surface area contributed by atoms with Gasteiger partial charge >= 0.3 is 0 Å². The highest BCUT2D eigenvalue weighted by atomic mass is 35.5. The maximum atomic E-state index is 6.26. The lowest BCUT2D eigenvalue weighted by molar-refractivity contribution is 0.125. The number of nitrogens with zero attached hydrogens (tertiary/aromatic N) is 1. The van der Waals surface area contributed by atoms with Gasteiger partial charge in [-0.05, 0) is 44.5 Å². The van der Waals surface area contributed by atoms with E-state index < -0.39 is 0 Å². The van der Waals surface area contributed by atoms with Gasteiger partial charge in [0.05, 0.1) is 0 Å². The Kier molecular flexibility index (Phi) is 4.54. The number of nitrogens with one attached hydrogen (secondary N) is 1. The van der Waals surface area contributed by atoms with Crippen LogP contribution in [0.25, 0.3) is 0 Å². The highest BCUT2D eigenvalue weighted by molar-refractivity contribution is 6.35. The van der Waals surface area contributed by atoms with Gasteiger partial charge in [-0.15, -0.1) is 0 Å². The molecular weight excluding hydrogens is 267 g/mol. The van der Waals surface area contributed by atoms with Crippen LogP contribution in [0.1, 0.15) is 25.8 Å². The number of halogens is 2. The Morgan fingerprint density at radius 3 is 2.83 bits per heavy atom. The maximum Gasteiger partial charge on any atom is 0.0465 e. The van der Waals surface area contributed by atoms with Crippen molar-refractivity contribution in [1.82, 2.24) is 10.2 Å². The molecule has 0 aromatic heterocycles. The van der Waals surface area contributed by atoms with Crippen LogP contribution in [0.2, 0.25) is 10.0 Å². The van der Waals surface area contributed by atoms with Gasteiger partial charge in [-0.2, -0.15) is 0 Å². The first-order chi connectivity index (χ1) is 8.49. The summed E-state index contributed by atoms with van der Waals surface area (Å²) in [5, 5.41) is 4.94. The summed E-state index contributed by atoms with van der Waals surface area (Å²) in [6.45, 7) is 8.63. The minimum Gasteiger partial charge on any atom is -0.315 e.